The molecule has 4 saturated heterocycles. The molecule has 3 aromatic rings. The Morgan fingerprint density at radius 1 is 1.03 bits per heavy atom. The molecule has 5 heterocycles. The molecule has 4 aliphatic heterocycles. The number of rotatable bonds is 6. The second-order valence-corrected chi connectivity index (χ2v) is 11.0. The Kier molecular flexibility index (Phi) is 4.97. The lowest BCUT2D eigenvalue weighted by atomic mass is 9.60. The number of fused-ring (bicyclic) bond motifs is 1. The fourth-order valence-electron chi connectivity index (χ4n) is 7.02. The van der Waals surface area contributed by atoms with Gasteiger partial charge in [-0.3, -0.25) is 14.3 Å². The first-order chi connectivity index (χ1) is 17.1. The summed E-state index contributed by atoms with van der Waals surface area (Å²) in [5.74, 6) is 1.65. The van der Waals surface area contributed by atoms with Crippen LogP contribution in [0.2, 0.25) is 0 Å². The normalized spacial score (nSPS) is 31.5. The molecule has 7 rings (SSSR count). The Bertz CT molecular complexity index is 1290. The molecule has 0 amide bonds. The first-order valence-electron chi connectivity index (χ1n) is 13.0. The molecule has 1 aromatic heterocycles. The van der Waals surface area contributed by atoms with Crippen molar-refractivity contribution in [1.82, 2.24) is 9.47 Å². The highest BCUT2D eigenvalue weighted by atomic mass is 16.5. The first-order valence-corrected chi connectivity index (χ1v) is 13.0. The summed E-state index contributed by atoms with van der Waals surface area (Å²) in [6.45, 7) is 3.77. The standard InChI is InChI=1S/C29H32N2O4/c1-29-16-21-14-26(15-22(17-29)31(21)29)35-23-6-4-20(5-7-23)30-11-10-19-13-24(8-9-27(19)28(30)32)34-18-25-3-2-12-33-25/h4-11,13,21-22,25-26H,2-3,12,14-18H2,1H3/t21?,22?,25-,26?,29?/m0/s1. The van der Waals surface area contributed by atoms with Crippen molar-refractivity contribution in [3.05, 3.63) is 65.1 Å². The van der Waals surface area contributed by atoms with E-state index in [0.717, 1.165) is 54.9 Å². The Hall–Kier alpha value is -2.83. The molecule has 6 heteroatoms. The minimum absolute atomic E-state index is 0.0350. The molecule has 2 unspecified atom stereocenters. The summed E-state index contributed by atoms with van der Waals surface area (Å²) >= 11 is 0. The fraction of sp³-hybridized carbons (Fsp3) is 0.483. The van der Waals surface area contributed by atoms with Crippen LogP contribution in [0.4, 0.5) is 0 Å². The van der Waals surface area contributed by atoms with E-state index in [4.69, 9.17) is 14.2 Å². The average molecular weight is 473 g/mol. The topological polar surface area (TPSA) is 52.9 Å². The number of pyridine rings is 1. The molecule has 35 heavy (non-hydrogen) atoms. The molecule has 182 valence electrons. The van der Waals surface area contributed by atoms with Crippen molar-refractivity contribution in [3.63, 3.8) is 0 Å². The predicted molar refractivity (Wildman–Crippen MR) is 135 cm³/mol. The second kappa shape index (κ2) is 8.10. The zero-order valence-electron chi connectivity index (χ0n) is 20.2. The highest BCUT2D eigenvalue weighted by Gasteiger charge is 2.62. The maximum Gasteiger partial charge on any atom is 0.262 e. The van der Waals surface area contributed by atoms with Crippen LogP contribution in [-0.4, -0.2) is 52.5 Å². The van der Waals surface area contributed by atoms with Crippen LogP contribution >= 0.6 is 0 Å². The van der Waals surface area contributed by atoms with Crippen molar-refractivity contribution in [2.75, 3.05) is 13.2 Å². The van der Waals surface area contributed by atoms with E-state index in [9.17, 15) is 4.79 Å². The third kappa shape index (κ3) is 3.66. The molecule has 0 N–H and O–H groups in total. The minimum atomic E-state index is -0.0350. The molecule has 0 bridgehead atoms. The van der Waals surface area contributed by atoms with E-state index in [2.05, 4.69) is 11.8 Å². The zero-order valence-corrected chi connectivity index (χ0v) is 20.2. The average Bonchev–Trinajstić information content (AvgIpc) is 3.36. The van der Waals surface area contributed by atoms with Crippen molar-refractivity contribution >= 4 is 10.8 Å². The van der Waals surface area contributed by atoms with Crippen LogP contribution in [0.25, 0.3) is 16.5 Å². The van der Waals surface area contributed by atoms with Crippen LogP contribution in [0.1, 0.15) is 45.4 Å². The third-order valence-electron chi connectivity index (χ3n) is 8.58. The number of benzene rings is 2. The van der Waals surface area contributed by atoms with Gasteiger partial charge in [-0.1, -0.05) is 0 Å². The summed E-state index contributed by atoms with van der Waals surface area (Å²) in [4.78, 5) is 15.9. The van der Waals surface area contributed by atoms with Crippen LogP contribution in [0, 0.1) is 0 Å². The molecule has 3 atom stereocenters. The van der Waals surface area contributed by atoms with Crippen LogP contribution in [0.5, 0.6) is 11.5 Å². The van der Waals surface area contributed by atoms with E-state index in [1.54, 1.807) is 4.57 Å². The number of piperidine rings is 2. The van der Waals surface area contributed by atoms with E-state index in [1.807, 2.05) is 54.7 Å². The van der Waals surface area contributed by atoms with E-state index in [-0.39, 0.29) is 17.8 Å². The SMILES string of the molecule is CC12CC3CC(Oc4ccc(-n5ccc6cc(OC[C@@H]7CCCO7)ccc6c5=O)cc4)CC(C1)N32. The van der Waals surface area contributed by atoms with Gasteiger partial charge in [0.15, 0.2) is 0 Å². The molecule has 4 aliphatic rings. The van der Waals surface area contributed by atoms with Crippen molar-refractivity contribution in [2.45, 2.75) is 75.3 Å². The van der Waals surface area contributed by atoms with Gasteiger partial charge in [0.25, 0.3) is 5.56 Å². The van der Waals surface area contributed by atoms with Gasteiger partial charge >= 0.3 is 0 Å². The number of nitrogens with zero attached hydrogens (tertiary/aromatic N) is 2. The Morgan fingerprint density at radius 2 is 1.80 bits per heavy atom. The van der Waals surface area contributed by atoms with Gasteiger partial charge in [0.2, 0.25) is 0 Å². The van der Waals surface area contributed by atoms with Crippen molar-refractivity contribution in [3.8, 4) is 17.2 Å². The summed E-state index contributed by atoms with van der Waals surface area (Å²) < 4.78 is 19.6. The smallest absolute Gasteiger partial charge is 0.262 e. The summed E-state index contributed by atoms with van der Waals surface area (Å²) in [6.07, 6.45) is 9.31. The van der Waals surface area contributed by atoms with Crippen molar-refractivity contribution in [2.24, 2.45) is 0 Å². The highest BCUT2D eigenvalue weighted by Crippen LogP contribution is 2.56. The highest BCUT2D eigenvalue weighted by molar-refractivity contribution is 5.83. The molecule has 0 aliphatic carbocycles. The van der Waals surface area contributed by atoms with E-state index in [0.29, 0.717) is 29.6 Å². The van der Waals surface area contributed by atoms with Crippen LogP contribution < -0.4 is 15.0 Å². The van der Waals surface area contributed by atoms with Crippen LogP contribution in [0.3, 0.4) is 0 Å². The molecule has 0 radical (unpaired) electrons. The molecule has 2 aromatic carbocycles. The summed E-state index contributed by atoms with van der Waals surface area (Å²) in [5.41, 5.74) is 1.30. The molecular formula is C29H32N2O4. The lowest BCUT2D eigenvalue weighted by Gasteiger charge is -2.72. The Morgan fingerprint density at radius 3 is 2.51 bits per heavy atom. The molecule has 4 fully saturated rings. The van der Waals surface area contributed by atoms with Gasteiger partial charge in [-0.05, 0) is 99.4 Å². The summed E-state index contributed by atoms with van der Waals surface area (Å²) in [5, 5.41) is 1.56. The van der Waals surface area contributed by atoms with Gasteiger partial charge in [0.05, 0.1) is 6.10 Å². The van der Waals surface area contributed by atoms with Crippen LogP contribution in [-0.2, 0) is 4.74 Å². The summed E-state index contributed by atoms with van der Waals surface area (Å²) in [7, 11) is 0. The van der Waals surface area contributed by atoms with Gasteiger partial charge in [-0.25, -0.2) is 0 Å². The number of ether oxygens (including phenoxy) is 3. The third-order valence-corrected chi connectivity index (χ3v) is 8.58. The van der Waals surface area contributed by atoms with Crippen LogP contribution in [0.15, 0.2) is 59.5 Å². The van der Waals surface area contributed by atoms with Gasteiger partial charge in [-0.15, -0.1) is 0 Å². The number of hydrogen-bond donors (Lipinski definition) is 0. The minimum Gasteiger partial charge on any atom is -0.491 e. The summed E-state index contributed by atoms with van der Waals surface area (Å²) in [6, 6.07) is 17.0. The fourth-order valence-corrected chi connectivity index (χ4v) is 7.02. The van der Waals surface area contributed by atoms with Crippen molar-refractivity contribution in [1.29, 1.82) is 0 Å². The molecule has 0 saturated carbocycles. The van der Waals surface area contributed by atoms with E-state index >= 15 is 0 Å². The monoisotopic (exact) mass is 472 g/mol. The Labute approximate surface area is 205 Å². The van der Waals surface area contributed by atoms with Gasteiger partial charge in [-0.2, -0.15) is 0 Å². The zero-order chi connectivity index (χ0) is 23.6. The first kappa shape index (κ1) is 21.5. The lowest BCUT2D eigenvalue weighted by molar-refractivity contribution is -0.224. The number of hydrogen-bond acceptors (Lipinski definition) is 5. The molecular weight excluding hydrogens is 440 g/mol. The maximum atomic E-state index is 13.2. The lowest BCUT2D eigenvalue weighted by Crippen LogP contribution is -2.80. The van der Waals surface area contributed by atoms with E-state index < -0.39 is 0 Å². The maximum absolute atomic E-state index is 13.2. The predicted octanol–water partition coefficient (Wildman–Crippen LogP) is 4.70. The van der Waals surface area contributed by atoms with Gasteiger partial charge in [0, 0.05) is 41.5 Å². The van der Waals surface area contributed by atoms with Crippen molar-refractivity contribution < 1.29 is 14.2 Å². The second-order valence-electron chi connectivity index (χ2n) is 11.0. The Balaban J connectivity index is 1.04. The van der Waals surface area contributed by atoms with E-state index in [1.165, 1.54) is 12.8 Å². The largest absolute Gasteiger partial charge is 0.491 e. The molecule has 0 spiro atoms. The van der Waals surface area contributed by atoms with Gasteiger partial charge < -0.3 is 14.2 Å². The number of aromatic nitrogens is 1. The van der Waals surface area contributed by atoms with Gasteiger partial charge in [0.1, 0.15) is 24.2 Å². The molecule has 6 nitrogen and oxygen atoms in total. The quantitative estimate of drug-likeness (QED) is 0.521.